The van der Waals surface area contributed by atoms with E-state index < -0.39 is 11.7 Å². The summed E-state index contributed by atoms with van der Waals surface area (Å²) in [4.78, 5) is 12.0. The quantitative estimate of drug-likeness (QED) is 0.569. The van der Waals surface area contributed by atoms with Crippen LogP contribution in [0.15, 0.2) is 42.5 Å². The SMILES string of the molecule is CCOc1ccc2c(c1)c(C#N)c(-c1ccc(NC(=O)OC(C)(C)C)cc1)n2CC. The molecule has 2 aromatic carbocycles. The fourth-order valence-corrected chi connectivity index (χ4v) is 3.46. The summed E-state index contributed by atoms with van der Waals surface area (Å²) in [5.74, 6) is 0.748. The predicted octanol–water partition coefficient (Wildman–Crippen LogP) is 5.95. The lowest BCUT2D eigenvalue weighted by molar-refractivity contribution is 0.0636. The van der Waals surface area contributed by atoms with Crippen molar-refractivity contribution in [3.8, 4) is 23.1 Å². The molecule has 1 amide bonds. The number of amides is 1. The minimum atomic E-state index is -0.561. The van der Waals surface area contributed by atoms with Crippen molar-refractivity contribution in [2.45, 2.75) is 46.8 Å². The van der Waals surface area contributed by atoms with Gasteiger partial charge in [0.15, 0.2) is 0 Å². The van der Waals surface area contributed by atoms with Crippen LogP contribution in [0.4, 0.5) is 10.5 Å². The fourth-order valence-electron chi connectivity index (χ4n) is 3.46. The van der Waals surface area contributed by atoms with Crippen molar-refractivity contribution >= 4 is 22.7 Å². The van der Waals surface area contributed by atoms with Crippen molar-refractivity contribution < 1.29 is 14.3 Å². The Hall–Kier alpha value is -3.46. The minimum Gasteiger partial charge on any atom is -0.494 e. The number of hydrogen-bond acceptors (Lipinski definition) is 4. The standard InChI is InChI=1S/C24H27N3O3/c1-6-27-21-13-12-18(29-7-2)14-19(21)20(15-25)22(27)16-8-10-17(11-9-16)26-23(28)30-24(3,4)5/h8-14H,6-7H2,1-5H3,(H,26,28). The van der Waals surface area contributed by atoms with Gasteiger partial charge in [-0.3, -0.25) is 5.32 Å². The van der Waals surface area contributed by atoms with Crippen LogP contribution in [0.1, 0.15) is 40.2 Å². The number of nitriles is 1. The number of carbonyl (C=O) groups excluding carboxylic acids is 1. The minimum absolute atomic E-state index is 0.501. The Morgan fingerprint density at radius 1 is 1.13 bits per heavy atom. The Morgan fingerprint density at radius 2 is 1.83 bits per heavy atom. The van der Waals surface area contributed by atoms with Crippen LogP contribution in [0, 0.1) is 11.3 Å². The maximum Gasteiger partial charge on any atom is 0.412 e. The van der Waals surface area contributed by atoms with E-state index in [0.29, 0.717) is 17.9 Å². The number of aryl methyl sites for hydroxylation is 1. The zero-order chi connectivity index (χ0) is 21.9. The number of ether oxygens (including phenoxy) is 2. The van der Waals surface area contributed by atoms with Gasteiger partial charge in [0.05, 0.1) is 23.4 Å². The molecule has 0 unspecified atom stereocenters. The van der Waals surface area contributed by atoms with Gasteiger partial charge in [0.25, 0.3) is 0 Å². The summed E-state index contributed by atoms with van der Waals surface area (Å²) in [5.41, 5.74) is 3.42. The van der Waals surface area contributed by atoms with Gasteiger partial charge in [0.1, 0.15) is 17.4 Å². The third-order valence-corrected chi connectivity index (χ3v) is 4.58. The molecule has 0 saturated heterocycles. The molecule has 0 aliphatic rings. The Kier molecular flexibility index (Phi) is 6.02. The number of hydrogen-bond donors (Lipinski definition) is 1. The number of nitrogens with zero attached hydrogens (tertiary/aromatic N) is 2. The molecule has 0 saturated carbocycles. The van der Waals surface area contributed by atoms with Crippen LogP contribution in [0.5, 0.6) is 5.75 Å². The van der Waals surface area contributed by atoms with Crippen molar-refractivity contribution in [1.29, 1.82) is 5.26 Å². The lowest BCUT2D eigenvalue weighted by Gasteiger charge is -2.19. The number of carbonyl (C=O) groups is 1. The van der Waals surface area contributed by atoms with E-state index in [-0.39, 0.29) is 0 Å². The van der Waals surface area contributed by atoms with Crippen molar-refractivity contribution in [1.82, 2.24) is 4.57 Å². The second-order valence-corrected chi connectivity index (χ2v) is 7.90. The first kappa shape index (κ1) is 21.3. The summed E-state index contributed by atoms with van der Waals surface area (Å²) in [6.45, 7) is 10.7. The normalized spacial score (nSPS) is 11.2. The Bertz CT molecular complexity index is 1100. The third kappa shape index (κ3) is 4.41. The number of rotatable bonds is 5. The van der Waals surface area contributed by atoms with Crippen LogP contribution in [0.3, 0.4) is 0 Å². The summed E-state index contributed by atoms with van der Waals surface area (Å²) >= 11 is 0. The second-order valence-electron chi connectivity index (χ2n) is 7.90. The van der Waals surface area contributed by atoms with Gasteiger partial charge in [-0.05, 0) is 70.5 Å². The summed E-state index contributed by atoms with van der Waals surface area (Å²) in [5, 5.41) is 13.5. The highest BCUT2D eigenvalue weighted by Gasteiger charge is 2.19. The molecule has 1 aromatic heterocycles. The van der Waals surface area contributed by atoms with E-state index >= 15 is 0 Å². The van der Waals surface area contributed by atoms with Crippen molar-refractivity contribution in [3.05, 3.63) is 48.0 Å². The molecule has 0 bridgehead atoms. The molecule has 30 heavy (non-hydrogen) atoms. The lowest BCUT2D eigenvalue weighted by atomic mass is 10.1. The lowest BCUT2D eigenvalue weighted by Crippen LogP contribution is -2.27. The Morgan fingerprint density at radius 3 is 2.40 bits per heavy atom. The molecule has 3 rings (SSSR count). The molecular weight excluding hydrogens is 378 g/mol. The van der Waals surface area contributed by atoms with E-state index in [0.717, 1.165) is 34.5 Å². The highest BCUT2D eigenvalue weighted by atomic mass is 16.6. The van der Waals surface area contributed by atoms with Gasteiger partial charge in [0.2, 0.25) is 0 Å². The van der Waals surface area contributed by atoms with Gasteiger partial charge in [0, 0.05) is 17.6 Å². The van der Waals surface area contributed by atoms with Gasteiger partial charge in [-0.15, -0.1) is 0 Å². The van der Waals surface area contributed by atoms with Crippen LogP contribution in [-0.4, -0.2) is 22.9 Å². The van der Waals surface area contributed by atoms with Crippen molar-refractivity contribution in [3.63, 3.8) is 0 Å². The van der Waals surface area contributed by atoms with Gasteiger partial charge in [-0.1, -0.05) is 12.1 Å². The largest absolute Gasteiger partial charge is 0.494 e. The van der Waals surface area contributed by atoms with E-state index in [1.807, 2.05) is 70.2 Å². The van der Waals surface area contributed by atoms with Crippen LogP contribution >= 0.6 is 0 Å². The van der Waals surface area contributed by atoms with E-state index in [1.165, 1.54) is 0 Å². The van der Waals surface area contributed by atoms with E-state index in [2.05, 4.69) is 22.9 Å². The van der Waals surface area contributed by atoms with Gasteiger partial charge in [-0.25, -0.2) is 4.79 Å². The molecule has 0 aliphatic carbocycles. The molecule has 1 heterocycles. The topological polar surface area (TPSA) is 76.3 Å². The highest BCUT2D eigenvalue weighted by molar-refractivity contribution is 5.95. The smallest absolute Gasteiger partial charge is 0.412 e. The number of anilines is 1. The first-order valence-corrected chi connectivity index (χ1v) is 10.1. The summed E-state index contributed by atoms with van der Waals surface area (Å²) in [7, 11) is 0. The van der Waals surface area contributed by atoms with Gasteiger partial charge in [-0.2, -0.15) is 5.26 Å². The third-order valence-electron chi connectivity index (χ3n) is 4.58. The summed E-state index contributed by atoms with van der Waals surface area (Å²) < 4.78 is 13.0. The average Bonchev–Trinajstić information content (AvgIpc) is 3.00. The molecule has 0 fully saturated rings. The first-order valence-electron chi connectivity index (χ1n) is 10.1. The van der Waals surface area contributed by atoms with Crippen LogP contribution < -0.4 is 10.1 Å². The number of fused-ring (bicyclic) bond motifs is 1. The first-order chi connectivity index (χ1) is 14.3. The molecule has 1 N–H and O–H groups in total. The van der Waals surface area contributed by atoms with E-state index in [4.69, 9.17) is 9.47 Å². The number of benzene rings is 2. The summed E-state index contributed by atoms with van der Waals surface area (Å²) in [6, 6.07) is 15.6. The predicted molar refractivity (Wildman–Crippen MR) is 119 cm³/mol. The summed E-state index contributed by atoms with van der Waals surface area (Å²) in [6.07, 6.45) is -0.501. The zero-order valence-electron chi connectivity index (χ0n) is 18.1. The molecule has 0 spiro atoms. The molecule has 3 aromatic rings. The number of aromatic nitrogens is 1. The molecule has 0 atom stereocenters. The molecule has 0 aliphatic heterocycles. The second kappa shape index (κ2) is 8.50. The highest BCUT2D eigenvalue weighted by Crippen LogP contribution is 2.35. The molecular formula is C24H27N3O3. The monoisotopic (exact) mass is 405 g/mol. The Balaban J connectivity index is 2.00. The van der Waals surface area contributed by atoms with Crippen molar-refractivity contribution in [2.24, 2.45) is 0 Å². The zero-order valence-corrected chi connectivity index (χ0v) is 18.1. The van der Waals surface area contributed by atoms with Gasteiger partial charge < -0.3 is 14.0 Å². The van der Waals surface area contributed by atoms with Crippen molar-refractivity contribution in [2.75, 3.05) is 11.9 Å². The average molecular weight is 405 g/mol. The maximum atomic E-state index is 12.0. The maximum absolute atomic E-state index is 12.0. The van der Waals surface area contributed by atoms with E-state index in [9.17, 15) is 10.1 Å². The molecule has 6 nitrogen and oxygen atoms in total. The number of nitrogens with one attached hydrogen (secondary N) is 1. The molecule has 6 heteroatoms. The molecule has 156 valence electrons. The molecule has 0 radical (unpaired) electrons. The van der Waals surface area contributed by atoms with Gasteiger partial charge >= 0.3 is 6.09 Å². The van der Waals surface area contributed by atoms with E-state index in [1.54, 1.807) is 0 Å². The van der Waals surface area contributed by atoms with Crippen LogP contribution in [0.2, 0.25) is 0 Å². The van der Waals surface area contributed by atoms with Crippen LogP contribution in [0.25, 0.3) is 22.2 Å². The Labute approximate surface area is 177 Å². The fraction of sp³-hybridized carbons (Fsp3) is 0.333. The van der Waals surface area contributed by atoms with Crippen LogP contribution in [-0.2, 0) is 11.3 Å².